The lowest BCUT2D eigenvalue weighted by Crippen LogP contribution is -2.44. The number of anilines is 2. The van der Waals surface area contributed by atoms with E-state index in [1.807, 2.05) is 0 Å². The summed E-state index contributed by atoms with van der Waals surface area (Å²) in [4.78, 5) is 38.8. The molecule has 1 fully saturated rings. The van der Waals surface area contributed by atoms with Crippen molar-refractivity contribution < 1.29 is 23.5 Å². The molecule has 1 aromatic heterocycles. The van der Waals surface area contributed by atoms with Crippen LogP contribution in [-0.4, -0.2) is 57.1 Å². The number of likely N-dealkylation sites (tertiary alicyclic amines) is 1. The van der Waals surface area contributed by atoms with E-state index < -0.39 is 23.4 Å². The number of ether oxygens (including phenoxy) is 1. The van der Waals surface area contributed by atoms with Gasteiger partial charge in [0.05, 0.1) is 22.6 Å². The molecule has 0 aliphatic carbocycles. The monoisotopic (exact) mass is 536 g/mol. The summed E-state index contributed by atoms with van der Waals surface area (Å²) in [6.07, 6.45) is 2.86. The maximum atomic E-state index is 13.4. The molecule has 0 unspecified atom stereocenters. The highest BCUT2D eigenvalue weighted by molar-refractivity contribution is 9.10. The summed E-state index contributed by atoms with van der Waals surface area (Å²) in [6.45, 7) is 5.88. The van der Waals surface area contributed by atoms with Gasteiger partial charge in [-0.2, -0.15) is 9.78 Å². The van der Waals surface area contributed by atoms with Gasteiger partial charge in [-0.3, -0.25) is 10.2 Å². The van der Waals surface area contributed by atoms with Crippen LogP contribution in [-0.2, 0) is 9.53 Å². The van der Waals surface area contributed by atoms with Crippen molar-refractivity contribution in [2.24, 2.45) is 5.92 Å². The Labute approximate surface area is 204 Å². The van der Waals surface area contributed by atoms with Crippen molar-refractivity contribution in [2.75, 3.05) is 23.7 Å². The number of carbonyl (C=O) groups excluding carboxylic acids is 3. The predicted molar refractivity (Wildman–Crippen MR) is 128 cm³/mol. The number of nitrogens with zero attached hydrogens (tertiary/aromatic N) is 3. The van der Waals surface area contributed by atoms with Crippen LogP contribution in [0.1, 0.15) is 33.6 Å². The van der Waals surface area contributed by atoms with Crippen LogP contribution in [0.2, 0.25) is 0 Å². The summed E-state index contributed by atoms with van der Waals surface area (Å²) in [5.74, 6) is -1.48. The number of piperidine rings is 1. The van der Waals surface area contributed by atoms with E-state index in [0.717, 1.165) is 4.68 Å². The second kappa shape index (κ2) is 10.3. The minimum Gasteiger partial charge on any atom is -0.442 e. The quantitative estimate of drug-likeness (QED) is 0.390. The van der Waals surface area contributed by atoms with Gasteiger partial charge >= 0.3 is 12.1 Å². The Bertz CT molecular complexity index is 1110. The first-order valence-corrected chi connectivity index (χ1v) is 11.4. The van der Waals surface area contributed by atoms with Gasteiger partial charge in [0.25, 0.3) is 0 Å². The number of amidine groups is 1. The molecule has 2 heterocycles. The third-order valence-corrected chi connectivity index (χ3v) is 5.61. The van der Waals surface area contributed by atoms with Gasteiger partial charge in [0, 0.05) is 24.7 Å². The van der Waals surface area contributed by atoms with Crippen LogP contribution in [0.4, 0.5) is 25.4 Å². The van der Waals surface area contributed by atoms with Gasteiger partial charge in [-0.25, -0.2) is 14.0 Å². The number of ketones is 1. The molecule has 34 heavy (non-hydrogen) atoms. The average Bonchev–Trinajstić information content (AvgIpc) is 3.23. The summed E-state index contributed by atoms with van der Waals surface area (Å²) in [6, 6.07) is 3.76. The summed E-state index contributed by atoms with van der Waals surface area (Å²) < 4.78 is 19.8. The van der Waals surface area contributed by atoms with E-state index in [-0.39, 0.29) is 22.1 Å². The maximum Gasteiger partial charge on any atom is 0.435 e. The lowest BCUT2D eigenvalue weighted by molar-refractivity contribution is -0.117. The smallest absolute Gasteiger partial charge is 0.435 e. The number of urea groups is 1. The Hall–Kier alpha value is -3.28. The van der Waals surface area contributed by atoms with Crippen molar-refractivity contribution in [3.63, 3.8) is 0 Å². The van der Waals surface area contributed by atoms with Crippen LogP contribution in [0.15, 0.2) is 35.1 Å². The van der Waals surface area contributed by atoms with Crippen molar-refractivity contribution >= 4 is 51.0 Å². The molecule has 12 heteroatoms. The Morgan fingerprint density at radius 3 is 2.47 bits per heavy atom. The van der Waals surface area contributed by atoms with E-state index in [9.17, 15) is 18.8 Å². The number of halogens is 2. The SMILES string of the molecule is CC(C)(C)OC(=O)n1cc(NC(=O)N2CCC(C(=O)C(=N)Nc3ccc(F)c(Br)c3)CC2)cn1. The molecular weight excluding hydrogens is 511 g/mol. The molecule has 0 atom stereocenters. The number of hydrogen-bond donors (Lipinski definition) is 3. The molecule has 182 valence electrons. The number of nitrogens with one attached hydrogen (secondary N) is 3. The fourth-order valence-electron chi connectivity index (χ4n) is 3.33. The number of aromatic nitrogens is 2. The van der Waals surface area contributed by atoms with Crippen molar-refractivity contribution in [3.05, 3.63) is 40.9 Å². The van der Waals surface area contributed by atoms with Gasteiger partial charge < -0.3 is 20.3 Å². The molecule has 1 aliphatic heterocycles. The van der Waals surface area contributed by atoms with Gasteiger partial charge in [-0.1, -0.05) is 0 Å². The standard InChI is InChI=1S/C22H26BrFN6O4/c1-22(2,3)34-21(33)30-12-15(11-26-30)28-20(32)29-8-6-13(7-9-29)18(31)19(25)27-14-4-5-17(24)16(23)10-14/h4-5,10-13H,6-9H2,1-3H3,(H2,25,27)(H,28,32). The summed E-state index contributed by atoms with van der Waals surface area (Å²) >= 11 is 3.07. The molecule has 1 saturated heterocycles. The van der Waals surface area contributed by atoms with E-state index in [2.05, 4.69) is 31.7 Å². The van der Waals surface area contributed by atoms with Crippen LogP contribution in [0.5, 0.6) is 0 Å². The molecule has 0 spiro atoms. The van der Waals surface area contributed by atoms with E-state index >= 15 is 0 Å². The van der Waals surface area contributed by atoms with Crippen LogP contribution < -0.4 is 10.6 Å². The van der Waals surface area contributed by atoms with Crippen molar-refractivity contribution in [3.8, 4) is 0 Å². The van der Waals surface area contributed by atoms with Gasteiger partial charge in [0.1, 0.15) is 11.4 Å². The molecular formula is C22H26BrFN6O4. The number of benzene rings is 1. The lowest BCUT2D eigenvalue weighted by atomic mass is 9.92. The summed E-state index contributed by atoms with van der Waals surface area (Å²) in [7, 11) is 0. The molecule has 2 aromatic rings. The normalized spacial score (nSPS) is 14.4. The van der Waals surface area contributed by atoms with E-state index in [0.29, 0.717) is 37.3 Å². The topological polar surface area (TPSA) is 129 Å². The molecule has 1 aromatic carbocycles. The third-order valence-electron chi connectivity index (χ3n) is 5.00. The Morgan fingerprint density at radius 2 is 1.85 bits per heavy atom. The van der Waals surface area contributed by atoms with E-state index in [1.54, 1.807) is 25.7 Å². The van der Waals surface area contributed by atoms with Gasteiger partial charge in [0.15, 0.2) is 5.84 Å². The maximum absolute atomic E-state index is 13.4. The largest absolute Gasteiger partial charge is 0.442 e. The first-order valence-electron chi connectivity index (χ1n) is 10.6. The van der Waals surface area contributed by atoms with Crippen molar-refractivity contribution in [2.45, 2.75) is 39.2 Å². The molecule has 2 amide bonds. The molecule has 10 nitrogen and oxygen atoms in total. The first kappa shape index (κ1) is 25.3. The number of carbonyl (C=O) groups is 3. The van der Waals surface area contributed by atoms with Crippen LogP contribution in [0, 0.1) is 17.1 Å². The first-order chi connectivity index (χ1) is 15.9. The van der Waals surface area contributed by atoms with E-state index in [4.69, 9.17) is 10.1 Å². The second-order valence-electron chi connectivity index (χ2n) is 8.84. The minimum absolute atomic E-state index is 0.230. The molecule has 0 bridgehead atoms. The Morgan fingerprint density at radius 1 is 1.18 bits per heavy atom. The zero-order valence-corrected chi connectivity index (χ0v) is 20.6. The van der Waals surface area contributed by atoms with Crippen LogP contribution >= 0.6 is 15.9 Å². The van der Waals surface area contributed by atoms with Crippen LogP contribution in [0.25, 0.3) is 0 Å². The highest BCUT2D eigenvalue weighted by atomic mass is 79.9. The highest BCUT2D eigenvalue weighted by Gasteiger charge is 2.30. The molecule has 1 aliphatic rings. The van der Waals surface area contributed by atoms with Crippen molar-refractivity contribution in [1.29, 1.82) is 5.41 Å². The zero-order chi connectivity index (χ0) is 25.0. The molecule has 0 radical (unpaired) electrons. The van der Waals surface area contributed by atoms with Crippen molar-refractivity contribution in [1.82, 2.24) is 14.7 Å². The fourth-order valence-corrected chi connectivity index (χ4v) is 3.71. The molecule has 3 N–H and O–H groups in total. The van der Waals surface area contributed by atoms with Gasteiger partial charge in [-0.15, -0.1) is 0 Å². The van der Waals surface area contributed by atoms with E-state index in [1.165, 1.54) is 30.6 Å². The van der Waals surface area contributed by atoms with Gasteiger partial charge in [0.2, 0.25) is 5.78 Å². The average molecular weight is 537 g/mol. The second-order valence-corrected chi connectivity index (χ2v) is 9.69. The zero-order valence-electron chi connectivity index (χ0n) is 19.0. The Balaban J connectivity index is 1.49. The minimum atomic E-state index is -0.671. The fraction of sp³-hybridized carbons (Fsp3) is 0.409. The number of hydrogen-bond acceptors (Lipinski definition) is 6. The third kappa shape index (κ3) is 6.62. The predicted octanol–water partition coefficient (Wildman–Crippen LogP) is 4.47. The molecule has 3 rings (SSSR count). The van der Waals surface area contributed by atoms with Gasteiger partial charge in [-0.05, 0) is 67.7 Å². The van der Waals surface area contributed by atoms with Crippen LogP contribution in [0.3, 0.4) is 0 Å². The number of Topliss-reactive ketones (excluding diaryl/α,β-unsaturated/α-hetero) is 1. The lowest BCUT2D eigenvalue weighted by Gasteiger charge is -2.31. The highest BCUT2D eigenvalue weighted by Crippen LogP contribution is 2.22. The Kier molecular flexibility index (Phi) is 7.70. The molecule has 0 saturated carbocycles. The number of amides is 2. The summed E-state index contributed by atoms with van der Waals surface area (Å²) in [5.41, 5.74) is 0.0940. The summed E-state index contributed by atoms with van der Waals surface area (Å²) in [5, 5.41) is 17.3. The number of rotatable bonds is 4.